The summed E-state index contributed by atoms with van der Waals surface area (Å²) in [5.74, 6) is 0.255. The highest BCUT2D eigenvalue weighted by Crippen LogP contribution is 2.28. The van der Waals surface area contributed by atoms with Crippen molar-refractivity contribution >= 4 is 9.84 Å². The number of aryl methyl sites for hydroxylation is 1. The molecule has 0 radical (unpaired) electrons. The maximum absolute atomic E-state index is 11.9. The minimum absolute atomic E-state index is 0.0414. The molecule has 2 atom stereocenters. The summed E-state index contributed by atoms with van der Waals surface area (Å²) in [6, 6.07) is 5.35. The number of rotatable bonds is 3. The molecule has 0 saturated carbocycles. The number of hydrogen-bond donors (Lipinski definition) is 2. The van der Waals surface area contributed by atoms with Crippen LogP contribution in [0, 0.1) is 0 Å². The topological polar surface area (TPSA) is 86.2 Å². The van der Waals surface area contributed by atoms with E-state index in [2.05, 4.69) is 0 Å². The van der Waals surface area contributed by atoms with Crippen LogP contribution in [0.25, 0.3) is 0 Å². The predicted molar refractivity (Wildman–Crippen MR) is 72.0 cm³/mol. The Labute approximate surface area is 108 Å². The van der Waals surface area contributed by atoms with Crippen LogP contribution in [0.3, 0.4) is 0 Å². The van der Waals surface area contributed by atoms with Gasteiger partial charge in [0.05, 0.1) is 10.6 Å². The highest BCUT2D eigenvalue weighted by Gasteiger charge is 2.24. The molecule has 1 aliphatic rings. The van der Waals surface area contributed by atoms with E-state index in [1.54, 1.807) is 6.07 Å². The Bertz CT molecular complexity index is 538. The van der Waals surface area contributed by atoms with Crippen molar-refractivity contribution in [3.8, 4) is 0 Å². The molecule has 5 heteroatoms. The Kier molecular flexibility index (Phi) is 3.75. The molecule has 18 heavy (non-hydrogen) atoms. The standard InChI is InChI=1S/C13H20N2O2S/c1-9(14)7-12(15)10-4-5-13-11(8-10)3-2-6-18(13,16)17/h4-5,8-9,12H,2-3,6-7,14-15H2,1H3. The zero-order valence-corrected chi connectivity index (χ0v) is 11.4. The molecule has 1 heterocycles. The highest BCUT2D eigenvalue weighted by molar-refractivity contribution is 7.91. The van der Waals surface area contributed by atoms with Crippen molar-refractivity contribution in [2.75, 3.05) is 5.75 Å². The van der Waals surface area contributed by atoms with Gasteiger partial charge in [-0.25, -0.2) is 8.42 Å². The van der Waals surface area contributed by atoms with Crippen LogP contribution in [0.15, 0.2) is 23.1 Å². The summed E-state index contributed by atoms with van der Waals surface area (Å²) >= 11 is 0. The molecule has 1 aliphatic heterocycles. The van der Waals surface area contributed by atoms with Crippen molar-refractivity contribution in [3.05, 3.63) is 29.3 Å². The SMILES string of the molecule is CC(N)CC(N)c1ccc2c(c1)CCCS2(=O)=O. The van der Waals surface area contributed by atoms with E-state index in [9.17, 15) is 8.42 Å². The number of fused-ring (bicyclic) bond motifs is 1. The largest absolute Gasteiger partial charge is 0.328 e. The fourth-order valence-corrected chi connectivity index (χ4v) is 4.01. The first-order chi connectivity index (χ1) is 8.40. The molecule has 0 amide bonds. The van der Waals surface area contributed by atoms with Crippen LogP contribution in [-0.4, -0.2) is 20.2 Å². The molecule has 1 aromatic rings. The second-order valence-electron chi connectivity index (χ2n) is 5.11. The highest BCUT2D eigenvalue weighted by atomic mass is 32.2. The zero-order chi connectivity index (χ0) is 13.3. The molecule has 1 aromatic carbocycles. The van der Waals surface area contributed by atoms with Gasteiger partial charge in [-0.1, -0.05) is 12.1 Å². The minimum Gasteiger partial charge on any atom is -0.328 e. The van der Waals surface area contributed by atoms with E-state index in [1.165, 1.54) is 0 Å². The van der Waals surface area contributed by atoms with Gasteiger partial charge in [0, 0.05) is 12.1 Å². The first kappa shape index (κ1) is 13.5. The Morgan fingerprint density at radius 2 is 2.06 bits per heavy atom. The molecule has 2 unspecified atom stereocenters. The van der Waals surface area contributed by atoms with Gasteiger partial charge in [-0.2, -0.15) is 0 Å². The Morgan fingerprint density at radius 1 is 1.33 bits per heavy atom. The molecule has 100 valence electrons. The summed E-state index contributed by atoms with van der Waals surface area (Å²) in [6.07, 6.45) is 2.21. The number of hydrogen-bond acceptors (Lipinski definition) is 4. The summed E-state index contributed by atoms with van der Waals surface area (Å²) < 4.78 is 23.8. The lowest BCUT2D eigenvalue weighted by Crippen LogP contribution is -2.24. The minimum atomic E-state index is -3.07. The number of sulfone groups is 1. The molecular weight excluding hydrogens is 248 g/mol. The molecule has 4 N–H and O–H groups in total. The first-order valence-electron chi connectivity index (χ1n) is 6.27. The Morgan fingerprint density at radius 3 is 2.72 bits per heavy atom. The van der Waals surface area contributed by atoms with Crippen LogP contribution in [0.1, 0.15) is 36.9 Å². The van der Waals surface area contributed by atoms with Crippen molar-refractivity contribution < 1.29 is 8.42 Å². The van der Waals surface area contributed by atoms with Gasteiger partial charge in [-0.05, 0) is 43.4 Å². The quantitative estimate of drug-likeness (QED) is 0.861. The molecule has 0 bridgehead atoms. The van der Waals surface area contributed by atoms with Crippen molar-refractivity contribution in [2.24, 2.45) is 11.5 Å². The summed E-state index contributed by atoms with van der Waals surface area (Å²) in [7, 11) is -3.07. The van der Waals surface area contributed by atoms with E-state index in [-0.39, 0.29) is 17.8 Å². The van der Waals surface area contributed by atoms with Crippen LogP contribution < -0.4 is 11.5 Å². The Balaban J connectivity index is 2.33. The average Bonchev–Trinajstić information content (AvgIpc) is 2.27. The molecule has 0 aliphatic carbocycles. The summed E-state index contributed by atoms with van der Waals surface area (Å²) in [6.45, 7) is 1.92. The van der Waals surface area contributed by atoms with Gasteiger partial charge in [0.1, 0.15) is 0 Å². The van der Waals surface area contributed by atoms with E-state index in [0.717, 1.165) is 17.5 Å². The van der Waals surface area contributed by atoms with E-state index < -0.39 is 9.84 Å². The van der Waals surface area contributed by atoms with E-state index in [4.69, 9.17) is 11.5 Å². The van der Waals surface area contributed by atoms with Gasteiger partial charge in [0.2, 0.25) is 0 Å². The maximum atomic E-state index is 11.9. The molecule has 2 rings (SSSR count). The van der Waals surface area contributed by atoms with E-state index in [0.29, 0.717) is 17.7 Å². The Hall–Kier alpha value is -0.910. The van der Waals surface area contributed by atoms with Gasteiger partial charge < -0.3 is 11.5 Å². The number of benzene rings is 1. The second-order valence-corrected chi connectivity index (χ2v) is 7.19. The van der Waals surface area contributed by atoms with Crippen LogP contribution in [0.2, 0.25) is 0 Å². The van der Waals surface area contributed by atoms with Gasteiger partial charge in [-0.15, -0.1) is 0 Å². The lowest BCUT2D eigenvalue weighted by atomic mass is 9.98. The third-order valence-corrected chi connectivity index (χ3v) is 5.23. The van der Waals surface area contributed by atoms with Gasteiger partial charge >= 0.3 is 0 Å². The third-order valence-electron chi connectivity index (χ3n) is 3.33. The normalized spacial score (nSPS) is 21.1. The fourth-order valence-electron chi connectivity index (χ4n) is 2.43. The fraction of sp³-hybridized carbons (Fsp3) is 0.538. The van der Waals surface area contributed by atoms with Crippen molar-refractivity contribution in [1.29, 1.82) is 0 Å². The molecule has 0 saturated heterocycles. The van der Waals surface area contributed by atoms with Crippen LogP contribution in [0.5, 0.6) is 0 Å². The molecule has 0 spiro atoms. The lowest BCUT2D eigenvalue weighted by Gasteiger charge is -2.20. The maximum Gasteiger partial charge on any atom is 0.178 e. The first-order valence-corrected chi connectivity index (χ1v) is 7.92. The van der Waals surface area contributed by atoms with Crippen molar-refractivity contribution in [2.45, 2.75) is 43.2 Å². The molecule has 0 aromatic heterocycles. The molecule has 0 fully saturated rings. The zero-order valence-electron chi connectivity index (χ0n) is 10.6. The summed E-state index contributed by atoms with van der Waals surface area (Å²) in [4.78, 5) is 0.477. The summed E-state index contributed by atoms with van der Waals surface area (Å²) in [5.41, 5.74) is 13.7. The van der Waals surface area contributed by atoms with Crippen LogP contribution in [-0.2, 0) is 16.3 Å². The lowest BCUT2D eigenvalue weighted by molar-refractivity contribution is 0.565. The smallest absolute Gasteiger partial charge is 0.178 e. The van der Waals surface area contributed by atoms with E-state index >= 15 is 0 Å². The van der Waals surface area contributed by atoms with E-state index in [1.807, 2.05) is 19.1 Å². The van der Waals surface area contributed by atoms with Gasteiger partial charge in [-0.3, -0.25) is 0 Å². The van der Waals surface area contributed by atoms with Crippen LogP contribution in [0.4, 0.5) is 0 Å². The molecule has 4 nitrogen and oxygen atoms in total. The van der Waals surface area contributed by atoms with Crippen molar-refractivity contribution in [1.82, 2.24) is 0 Å². The molecular formula is C13H20N2O2S. The van der Waals surface area contributed by atoms with Gasteiger partial charge in [0.15, 0.2) is 9.84 Å². The van der Waals surface area contributed by atoms with Crippen LogP contribution >= 0.6 is 0 Å². The third kappa shape index (κ3) is 2.74. The average molecular weight is 268 g/mol. The van der Waals surface area contributed by atoms with Crippen molar-refractivity contribution in [3.63, 3.8) is 0 Å². The second kappa shape index (κ2) is 4.99. The monoisotopic (exact) mass is 268 g/mol. The summed E-state index contributed by atoms with van der Waals surface area (Å²) in [5, 5.41) is 0. The van der Waals surface area contributed by atoms with Gasteiger partial charge in [0.25, 0.3) is 0 Å². The predicted octanol–water partition coefficient (Wildman–Crippen LogP) is 1.14. The number of nitrogens with two attached hydrogens (primary N) is 2.